The van der Waals surface area contributed by atoms with Crippen molar-refractivity contribution in [2.75, 3.05) is 5.75 Å². The molecule has 1 aliphatic carbocycles. The van der Waals surface area contributed by atoms with Crippen LogP contribution < -0.4 is 5.32 Å². The lowest BCUT2D eigenvalue weighted by atomic mass is 10.0. The van der Waals surface area contributed by atoms with Gasteiger partial charge in [-0.1, -0.05) is 96.7 Å². The first-order chi connectivity index (χ1) is 18.0. The Balaban J connectivity index is 1.56. The molecule has 194 valence electrons. The first-order valence-corrected chi connectivity index (χ1v) is 14.5. The van der Waals surface area contributed by atoms with Gasteiger partial charge in [0.25, 0.3) is 0 Å². The average molecular weight is 535 g/mol. The fourth-order valence-corrected chi connectivity index (χ4v) is 5.86. The maximum atomic E-state index is 13.7. The number of benzene rings is 3. The maximum Gasteiger partial charge on any atom is 0.243 e. The fourth-order valence-electron chi connectivity index (χ4n) is 4.78. The highest BCUT2D eigenvalue weighted by Crippen LogP contribution is 2.22. The number of carbonyl (C=O) groups is 2. The van der Waals surface area contributed by atoms with Crippen LogP contribution in [-0.4, -0.2) is 34.6 Å². The predicted molar refractivity (Wildman–Crippen MR) is 154 cm³/mol. The highest BCUT2D eigenvalue weighted by atomic mass is 35.5. The number of rotatable bonds is 11. The normalized spacial score (nSPS) is 14.3. The van der Waals surface area contributed by atoms with E-state index in [1.54, 1.807) is 16.7 Å². The van der Waals surface area contributed by atoms with E-state index in [0.717, 1.165) is 42.6 Å². The summed E-state index contributed by atoms with van der Waals surface area (Å²) >= 11 is 7.85. The number of hydrogen-bond acceptors (Lipinski definition) is 3. The van der Waals surface area contributed by atoms with Crippen molar-refractivity contribution in [3.63, 3.8) is 0 Å². The van der Waals surface area contributed by atoms with E-state index in [1.807, 2.05) is 54.6 Å². The highest BCUT2D eigenvalue weighted by molar-refractivity contribution is 7.99. The summed E-state index contributed by atoms with van der Waals surface area (Å²) in [5, 5.41) is 3.87. The number of amides is 2. The second kappa shape index (κ2) is 13.7. The van der Waals surface area contributed by atoms with Crippen LogP contribution in [0.1, 0.15) is 47.9 Å². The Labute approximate surface area is 229 Å². The Kier molecular flexibility index (Phi) is 10.1. The van der Waals surface area contributed by atoms with Crippen molar-refractivity contribution in [2.45, 2.75) is 63.4 Å². The summed E-state index contributed by atoms with van der Waals surface area (Å²) in [6.45, 7) is 2.40. The molecule has 37 heavy (non-hydrogen) atoms. The molecule has 1 saturated carbocycles. The topological polar surface area (TPSA) is 49.4 Å². The molecule has 0 unspecified atom stereocenters. The molecular formula is C31H35ClN2O2S. The molecule has 4 rings (SSSR count). The molecule has 0 bridgehead atoms. The van der Waals surface area contributed by atoms with Crippen LogP contribution in [0.25, 0.3) is 0 Å². The highest BCUT2D eigenvalue weighted by Gasteiger charge is 2.32. The number of thioether (sulfide) groups is 1. The lowest BCUT2D eigenvalue weighted by molar-refractivity contribution is -0.139. The summed E-state index contributed by atoms with van der Waals surface area (Å²) in [5.74, 6) is 0.930. The van der Waals surface area contributed by atoms with Gasteiger partial charge in [0.1, 0.15) is 6.04 Å². The van der Waals surface area contributed by atoms with Gasteiger partial charge in [-0.25, -0.2) is 0 Å². The first-order valence-electron chi connectivity index (χ1n) is 13.0. The van der Waals surface area contributed by atoms with Crippen molar-refractivity contribution in [3.05, 3.63) is 106 Å². The Bertz CT molecular complexity index is 1160. The third kappa shape index (κ3) is 8.37. The number of hydrogen-bond donors (Lipinski definition) is 1. The molecule has 0 aromatic heterocycles. The van der Waals surface area contributed by atoms with Gasteiger partial charge in [0, 0.05) is 29.8 Å². The van der Waals surface area contributed by atoms with E-state index in [0.29, 0.717) is 23.7 Å². The van der Waals surface area contributed by atoms with E-state index in [-0.39, 0.29) is 17.9 Å². The maximum absolute atomic E-state index is 13.7. The molecule has 1 fully saturated rings. The second-order valence-corrected chi connectivity index (χ2v) is 11.2. The molecule has 1 atom stereocenters. The molecule has 0 radical (unpaired) electrons. The van der Waals surface area contributed by atoms with Crippen molar-refractivity contribution in [1.82, 2.24) is 10.2 Å². The summed E-state index contributed by atoms with van der Waals surface area (Å²) in [4.78, 5) is 29.2. The van der Waals surface area contributed by atoms with Crippen LogP contribution in [0, 0.1) is 6.92 Å². The summed E-state index contributed by atoms with van der Waals surface area (Å²) in [7, 11) is 0. The van der Waals surface area contributed by atoms with Crippen molar-refractivity contribution >= 4 is 35.2 Å². The van der Waals surface area contributed by atoms with Gasteiger partial charge in [0.2, 0.25) is 11.8 Å². The number of nitrogens with zero attached hydrogens (tertiary/aromatic N) is 1. The van der Waals surface area contributed by atoms with Crippen LogP contribution in [0.4, 0.5) is 0 Å². The number of aryl methyl sites for hydroxylation is 1. The Morgan fingerprint density at radius 1 is 0.946 bits per heavy atom. The molecule has 6 heteroatoms. The second-order valence-electron chi connectivity index (χ2n) is 9.83. The molecule has 1 N–H and O–H groups in total. The van der Waals surface area contributed by atoms with E-state index in [9.17, 15) is 9.59 Å². The lowest BCUT2D eigenvalue weighted by Crippen LogP contribution is -2.52. The number of carbonyl (C=O) groups excluding carboxylic acids is 2. The number of halogens is 1. The molecule has 0 saturated heterocycles. The minimum atomic E-state index is -0.602. The zero-order chi connectivity index (χ0) is 26.0. The quantitative estimate of drug-likeness (QED) is 0.302. The minimum absolute atomic E-state index is 0.0420. The number of nitrogens with one attached hydrogen (secondary N) is 1. The lowest BCUT2D eigenvalue weighted by Gasteiger charge is -2.32. The van der Waals surface area contributed by atoms with E-state index in [4.69, 9.17) is 11.6 Å². The van der Waals surface area contributed by atoms with Gasteiger partial charge in [0.15, 0.2) is 0 Å². The molecule has 1 aliphatic rings. The molecule has 0 aliphatic heterocycles. The largest absolute Gasteiger partial charge is 0.352 e. The van der Waals surface area contributed by atoms with E-state index in [1.165, 1.54) is 11.1 Å². The Hall–Kier alpha value is -2.76. The van der Waals surface area contributed by atoms with Crippen LogP contribution in [-0.2, 0) is 28.3 Å². The molecule has 0 spiro atoms. The fraction of sp³-hybridized carbons (Fsp3) is 0.355. The van der Waals surface area contributed by atoms with E-state index >= 15 is 0 Å². The predicted octanol–water partition coefficient (Wildman–Crippen LogP) is 6.58. The van der Waals surface area contributed by atoms with Crippen molar-refractivity contribution in [1.29, 1.82) is 0 Å². The van der Waals surface area contributed by atoms with Gasteiger partial charge in [-0.15, -0.1) is 11.8 Å². The molecule has 0 heterocycles. The van der Waals surface area contributed by atoms with Gasteiger partial charge in [-0.2, -0.15) is 0 Å². The van der Waals surface area contributed by atoms with Crippen LogP contribution in [0.2, 0.25) is 5.02 Å². The third-order valence-electron chi connectivity index (χ3n) is 6.83. The van der Waals surface area contributed by atoms with Crippen LogP contribution in [0.15, 0.2) is 78.9 Å². The van der Waals surface area contributed by atoms with Crippen LogP contribution >= 0.6 is 23.4 Å². The SMILES string of the molecule is Cc1ccc(CSCC(=O)N(Cc2cccc(Cl)c2)[C@@H](Cc2ccccc2)C(=O)NC2CCCC2)cc1. The molecule has 3 aromatic carbocycles. The zero-order valence-corrected chi connectivity index (χ0v) is 22.9. The van der Waals surface area contributed by atoms with Gasteiger partial charge in [0.05, 0.1) is 5.75 Å². The zero-order valence-electron chi connectivity index (χ0n) is 21.4. The minimum Gasteiger partial charge on any atom is -0.352 e. The monoisotopic (exact) mass is 534 g/mol. The van der Waals surface area contributed by atoms with E-state index in [2.05, 4.69) is 36.5 Å². The summed E-state index contributed by atoms with van der Waals surface area (Å²) in [6.07, 6.45) is 4.73. The van der Waals surface area contributed by atoms with E-state index < -0.39 is 6.04 Å². The molecule has 2 amide bonds. The Morgan fingerprint density at radius 3 is 2.35 bits per heavy atom. The summed E-state index contributed by atoms with van der Waals surface area (Å²) in [6, 6.07) is 25.5. The van der Waals surface area contributed by atoms with Crippen molar-refractivity contribution in [3.8, 4) is 0 Å². The molecule has 3 aromatic rings. The summed E-state index contributed by atoms with van der Waals surface area (Å²) in [5.41, 5.74) is 4.35. The smallest absolute Gasteiger partial charge is 0.243 e. The van der Waals surface area contributed by atoms with Gasteiger partial charge in [-0.3, -0.25) is 9.59 Å². The average Bonchev–Trinajstić information content (AvgIpc) is 3.41. The van der Waals surface area contributed by atoms with Gasteiger partial charge < -0.3 is 10.2 Å². The van der Waals surface area contributed by atoms with Gasteiger partial charge in [-0.05, 0) is 48.6 Å². The molecule has 4 nitrogen and oxygen atoms in total. The summed E-state index contributed by atoms with van der Waals surface area (Å²) < 4.78 is 0. The third-order valence-corrected chi connectivity index (χ3v) is 8.05. The van der Waals surface area contributed by atoms with Crippen molar-refractivity contribution < 1.29 is 9.59 Å². The van der Waals surface area contributed by atoms with Crippen LogP contribution in [0.5, 0.6) is 0 Å². The van der Waals surface area contributed by atoms with Gasteiger partial charge >= 0.3 is 0 Å². The Morgan fingerprint density at radius 2 is 1.65 bits per heavy atom. The standard InChI is InChI=1S/C31H35ClN2O2S/c1-23-14-16-25(17-15-23)21-37-22-30(35)34(20-26-10-7-11-27(32)18-26)29(19-24-8-3-2-4-9-24)31(36)33-28-12-5-6-13-28/h2-4,7-11,14-18,28-29H,5-6,12-13,19-22H2,1H3,(H,33,36)/t29-/m0/s1. The molecular weight excluding hydrogens is 500 g/mol. The van der Waals surface area contributed by atoms with Crippen LogP contribution in [0.3, 0.4) is 0 Å². The van der Waals surface area contributed by atoms with Crippen molar-refractivity contribution in [2.24, 2.45) is 0 Å². The first kappa shape index (κ1) is 27.3.